The summed E-state index contributed by atoms with van der Waals surface area (Å²) in [7, 11) is 0. The maximum Gasteiger partial charge on any atom is 0.223 e. The van der Waals surface area contributed by atoms with Gasteiger partial charge in [-0.15, -0.1) is 0 Å². The molecule has 1 amide bonds. The highest BCUT2D eigenvalue weighted by Gasteiger charge is 2.19. The van der Waals surface area contributed by atoms with Gasteiger partial charge in [0.2, 0.25) is 5.91 Å². The van der Waals surface area contributed by atoms with E-state index in [0.717, 1.165) is 31.2 Å². The molecular formula is C17H27NO2. The van der Waals surface area contributed by atoms with Gasteiger partial charge in [0.15, 0.2) is 0 Å². The predicted octanol–water partition coefficient (Wildman–Crippen LogP) is 2.92. The van der Waals surface area contributed by atoms with Gasteiger partial charge in [-0.25, -0.2) is 0 Å². The fourth-order valence-corrected chi connectivity index (χ4v) is 2.35. The average molecular weight is 277 g/mol. The quantitative estimate of drug-likeness (QED) is 0.729. The molecule has 0 fully saturated rings. The van der Waals surface area contributed by atoms with E-state index in [-0.39, 0.29) is 24.5 Å². The Balaban J connectivity index is 2.52. The largest absolute Gasteiger partial charge is 0.394 e. The number of nitrogens with one attached hydrogen (secondary N) is 1. The highest BCUT2D eigenvalue weighted by molar-refractivity contribution is 5.78. The first-order valence-corrected chi connectivity index (χ1v) is 7.66. The molecule has 1 aromatic rings. The summed E-state index contributed by atoms with van der Waals surface area (Å²) in [4.78, 5) is 12.2. The van der Waals surface area contributed by atoms with Crippen molar-refractivity contribution in [2.24, 2.45) is 5.92 Å². The molecule has 0 bridgehead atoms. The molecule has 1 rings (SSSR count). The van der Waals surface area contributed by atoms with E-state index in [2.05, 4.69) is 12.2 Å². The molecule has 0 aliphatic carbocycles. The van der Waals surface area contributed by atoms with E-state index < -0.39 is 0 Å². The third kappa shape index (κ3) is 5.74. The lowest BCUT2D eigenvalue weighted by atomic mass is 9.97. The van der Waals surface area contributed by atoms with Gasteiger partial charge in [0, 0.05) is 5.92 Å². The van der Waals surface area contributed by atoms with Crippen LogP contribution in [0.25, 0.3) is 0 Å². The summed E-state index contributed by atoms with van der Waals surface area (Å²) in [6.45, 7) is 4.16. The maximum atomic E-state index is 12.2. The molecule has 2 N–H and O–H groups in total. The zero-order valence-corrected chi connectivity index (χ0v) is 12.6. The number of carbonyl (C=O) groups is 1. The van der Waals surface area contributed by atoms with Crippen molar-refractivity contribution in [3.05, 3.63) is 35.9 Å². The van der Waals surface area contributed by atoms with Gasteiger partial charge in [-0.1, -0.05) is 57.0 Å². The zero-order chi connectivity index (χ0) is 14.8. The van der Waals surface area contributed by atoms with Crippen LogP contribution in [0.2, 0.25) is 0 Å². The Morgan fingerprint density at radius 3 is 2.50 bits per heavy atom. The second-order valence-electron chi connectivity index (χ2n) is 5.33. The van der Waals surface area contributed by atoms with Crippen LogP contribution in [0.15, 0.2) is 30.3 Å². The second-order valence-corrected chi connectivity index (χ2v) is 5.33. The van der Waals surface area contributed by atoms with Gasteiger partial charge in [0.25, 0.3) is 0 Å². The lowest BCUT2D eigenvalue weighted by Gasteiger charge is -2.20. The van der Waals surface area contributed by atoms with Crippen LogP contribution in [-0.2, 0) is 11.2 Å². The molecule has 0 heterocycles. The van der Waals surface area contributed by atoms with Crippen molar-refractivity contribution in [1.29, 1.82) is 0 Å². The maximum absolute atomic E-state index is 12.2. The molecule has 1 aromatic carbocycles. The number of rotatable bonds is 9. The molecule has 2 atom stereocenters. The van der Waals surface area contributed by atoms with Crippen molar-refractivity contribution < 1.29 is 9.90 Å². The Morgan fingerprint density at radius 2 is 1.95 bits per heavy atom. The van der Waals surface area contributed by atoms with E-state index >= 15 is 0 Å². The van der Waals surface area contributed by atoms with Gasteiger partial charge in [-0.3, -0.25) is 4.79 Å². The molecule has 1 unspecified atom stereocenters. The van der Waals surface area contributed by atoms with Crippen LogP contribution in [-0.4, -0.2) is 23.7 Å². The van der Waals surface area contributed by atoms with Crippen molar-refractivity contribution in [2.75, 3.05) is 6.61 Å². The summed E-state index contributed by atoms with van der Waals surface area (Å²) >= 11 is 0. The highest BCUT2D eigenvalue weighted by atomic mass is 16.3. The Kier molecular flexibility index (Phi) is 7.97. The molecular weight excluding hydrogens is 250 g/mol. The lowest BCUT2D eigenvalue weighted by molar-refractivity contribution is -0.126. The zero-order valence-electron chi connectivity index (χ0n) is 12.6. The van der Waals surface area contributed by atoms with Crippen LogP contribution in [0, 0.1) is 5.92 Å². The number of aliphatic hydroxyl groups excluding tert-OH is 1. The first kappa shape index (κ1) is 16.7. The normalized spacial score (nSPS) is 13.8. The van der Waals surface area contributed by atoms with Crippen LogP contribution in [0.3, 0.4) is 0 Å². The summed E-state index contributed by atoms with van der Waals surface area (Å²) in [5.74, 6) is 0.149. The molecule has 0 aliphatic rings. The van der Waals surface area contributed by atoms with Crippen molar-refractivity contribution >= 4 is 5.91 Å². The Bertz CT molecular complexity index is 378. The van der Waals surface area contributed by atoms with Gasteiger partial charge in [-0.2, -0.15) is 0 Å². The molecule has 3 nitrogen and oxygen atoms in total. The van der Waals surface area contributed by atoms with Crippen LogP contribution in [0.4, 0.5) is 0 Å². The molecule has 3 heteroatoms. The van der Waals surface area contributed by atoms with Crippen molar-refractivity contribution in [2.45, 2.75) is 52.0 Å². The molecule has 0 spiro atoms. The number of hydrogen-bond donors (Lipinski definition) is 2. The van der Waals surface area contributed by atoms with E-state index in [4.69, 9.17) is 0 Å². The Hall–Kier alpha value is -1.35. The fourth-order valence-electron chi connectivity index (χ4n) is 2.35. The van der Waals surface area contributed by atoms with E-state index in [9.17, 15) is 9.90 Å². The third-order valence-electron chi connectivity index (χ3n) is 3.66. The van der Waals surface area contributed by atoms with Crippen LogP contribution >= 0.6 is 0 Å². The van der Waals surface area contributed by atoms with Gasteiger partial charge < -0.3 is 10.4 Å². The Morgan fingerprint density at radius 1 is 1.25 bits per heavy atom. The van der Waals surface area contributed by atoms with Gasteiger partial charge in [0.05, 0.1) is 12.6 Å². The van der Waals surface area contributed by atoms with Crippen molar-refractivity contribution in [1.82, 2.24) is 5.32 Å². The smallest absolute Gasteiger partial charge is 0.223 e. The van der Waals surface area contributed by atoms with Crippen LogP contribution < -0.4 is 5.32 Å². The number of hydrogen-bond acceptors (Lipinski definition) is 2. The fraction of sp³-hybridized carbons (Fsp3) is 0.588. The lowest BCUT2D eigenvalue weighted by Crippen LogP contribution is -2.42. The SMILES string of the molecule is CCCCC(CC)C(=O)N[C@H](CO)Cc1ccccc1. The molecule has 0 saturated carbocycles. The number of unbranched alkanes of at least 4 members (excludes halogenated alkanes) is 1. The standard InChI is InChI=1S/C17H27NO2/c1-3-5-11-15(4-2)17(20)18-16(13-19)12-14-9-7-6-8-10-14/h6-10,15-16,19H,3-5,11-13H2,1-2H3,(H,18,20)/t15?,16-/m0/s1. The van der Waals surface area contributed by atoms with Gasteiger partial charge in [-0.05, 0) is 24.8 Å². The van der Waals surface area contributed by atoms with E-state index in [1.807, 2.05) is 37.3 Å². The molecule has 0 aliphatic heterocycles. The van der Waals surface area contributed by atoms with E-state index in [1.165, 1.54) is 0 Å². The van der Waals surface area contributed by atoms with Gasteiger partial charge in [0.1, 0.15) is 0 Å². The molecule has 0 saturated heterocycles. The van der Waals surface area contributed by atoms with E-state index in [0.29, 0.717) is 6.42 Å². The first-order valence-electron chi connectivity index (χ1n) is 7.66. The summed E-state index contributed by atoms with van der Waals surface area (Å²) in [6.07, 6.45) is 4.65. The number of benzene rings is 1. The minimum Gasteiger partial charge on any atom is -0.394 e. The van der Waals surface area contributed by atoms with Gasteiger partial charge >= 0.3 is 0 Å². The molecule has 0 radical (unpaired) electrons. The third-order valence-corrected chi connectivity index (χ3v) is 3.66. The number of carbonyl (C=O) groups excluding carboxylic acids is 1. The van der Waals surface area contributed by atoms with Crippen molar-refractivity contribution in [3.63, 3.8) is 0 Å². The first-order chi connectivity index (χ1) is 9.71. The highest BCUT2D eigenvalue weighted by Crippen LogP contribution is 2.13. The minimum atomic E-state index is -0.194. The minimum absolute atomic E-state index is 0.0230. The topological polar surface area (TPSA) is 49.3 Å². The monoisotopic (exact) mass is 277 g/mol. The summed E-state index contributed by atoms with van der Waals surface area (Å²) in [6, 6.07) is 9.75. The molecule has 20 heavy (non-hydrogen) atoms. The molecule has 0 aromatic heterocycles. The summed E-state index contributed by atoms with van der Waals surface area (Å²) < 4.78 is 0. The number of aliphatic hydroxyl groups is 1. The summed E-state index contributed by atoms with van der Waals surface area (Å²) in [5.41, 5.74) is 1.13. The average Bonchev–Trinajstić information content (AvgIpc) is 2.48. The number of amides is 1. The second kappa shape index (κ2) is 9.54. The Labute approximate surface area is 122 Å². The predicted molar refractivity (Wildman–Crippen MR) is 82.5 cm³/mol. The van der Waals surface area contributed by atoms with Crippen molar-refractivity contribution in [3.8, 4) is 0 Å². The van der Waals surface area contributed by atoms with E-state index in [1.54, 1.807) is 0 Å². The molecule has 112 valence electrons. The van der Waals surface area contributed by atoms with Crippen LogP contribution in [0.5, 0.6) is 0 Å². The summed E-state index contributed by atoms with van der Waals surface area (Å²) in [5, 5.41) is 12.4. The van der Waals surface area contributed by atoms with Crippen LogP contribution in [0.1, 0.15) is 45.1 Å².